The van der Waals surface area contributed by atoms with Gasteiger partial charge in [-0.25, -0.2) is 4.79 Å². The van der Waals surface area contributed by atoms with E-state index >= 15 is 0 Å². The van der Waals surface area contributed by atoms with E-state index in [2.05, 4.69) is 39.0 Å². The number of aromatic nitrogens is 2. The Labute approximate surface area is 125 Å². The Hall–Kier alpha value is -1.69. The van der Waals surface area contributed by atoms with Crippen molar-refractivity contribution in [2.45, 2.75) is 32.7 Å². The summed E-state index contributed by atoms with van der Waals surface area (Å²) in [6, 6.07) is 3.87. The van der Waals surface area contributed by atoms with Gasteiger partial charge in [-0.15, -0.1) is 10.2 Å². The van der Waals surface area contributed by atoms with E-state index in [4.69, 9.17) is 0 Å². The maximum atomic E-state index is 11.4. The first-order valence-electron chi connectivity index (χ1n) is 7.51. The summed E-state index contributed by atoms with van der Waals surface area (Å²) in [6.45, 7) is 7.45. The van der Waals surface area contributed by atoms with Gasteiger partial charge in [-0.2, -0.15) is 0 Å². The molecule has 0 aliphatic carbocycles. The second kappa shape index (κ2) is 7.36. The molecule has 0 aromatic carbocycles. The van der Waals surface area contributed by atoms with Crippen molar-refractivity contribution in [1.82, 2.24) is 15.5 Å². The molecule has 0 unspecified atom stereocenters. The van der Waals surface area contributed by atoms with Crippen molar-refractivity contribution < 1.29 is 9.53 Å². The van der Waals surface area contributed by atoms with Crippen LogP contribution in [0.5, 0.6) is 0 Å². The number of nitrogens with one attached hydrogen (secondary N) is 1. The van der Waals surface area contributed by atoms with Gasteiger partial charge in [0.05, 0.1) is 7.11 Å². The number of hydrogen-bond acceptors (Lipinski definition) is 6. The molecule has 1 aromatic rings. The summed E-state index contributed by atoms with van der Waals surface area (Å²) in [4.78, 5) is 13.7. The minimum atomic E-state index is -0.455. The number of piperidine rings is 1. The summed E-state index contributed by atoms with van der Waals surface area (Å²) in [5.74, 6) is 1.04. The molecule has 1 fully saturated rings. The molecule has 6 heteroatoms. The fourth-order valence-electron chi connectivity index (χ4n) is 2.60. The van der Waals surface area contributed by atoms with Gasteiger partial charge in [0, 0.05) is 12.6 Å². The van der Waals surface area contributed by atoms with Crippen LogP contribution in [0.25, 0.3) is 0 Å². The van der Waals surface area contributed by atoms with Crippen LogP contribution in [-0.4, -0.2) is 49.0 Å². The van der Waals surface area contributed by atoms with Gasteiger partial charge in [0.2, 0.25) is 0 Å². The van der Waals surface area contributed by atoms with E-state index < -0.39 is 5.97 Å². The quantitative estimate of drug-likeness (QED) is 0.829. The van der Waals surface area contributed by atoms with E-state index in [1.807, 2.05) is 6.07 Å². The first kappa shape index (κ1) is 15.7. The van der Waals surface area contributed by atoms with Crippen molar-refractivity contribution >= 4 is 11.8 Å². The number of ether oxygens (including phenoxy) is 1. The van der Waals surface area contributed by atoms with Crippen LogP contribution in [-0.2, 0) is 4.74 Å². The second-order valence-electron chi connectivity index (χ2n) is 5.71. The molecule has 0 amide bonds. The molecule has 6 nitrogen and oxygen atoms in total. The Kier molecular flexibility index (Phi) is 5.50. The summed E-state index contributed by atoms with van der Waals surface area (Å²) in [6.07, 6.45) is 2.38. The van der Waals surface area contributed by atoms with Crippen molar-refractivity contribution in [3.05, 3.63) is 17.8 Å². The monoisotopic (exact) mass is 292 g/mol. The van der Waals surface area contributed by atoms with Crippen molar-refractivity contribution in [3.8, 4) is 0 Å². The highest BCUT2D eigenvalue weighted by atomic mass is 16.5. The Bertz CT molecular complexity index is 455. The van der Waals surface area contributed by atoms with E-state index in [1.165, 1.54) is 20.0 Å². The second-order valence-corrected chi connectivity index (χ2v) is 5.71. The average Bonchev–Trinajstić information content (AvgIpc) is 2.53. The summed E-state index contributed by atoms with van der Waals surface area (Å²) in [7, 11) is 1.34. The van der Waals surface area contributed by atoms with E-state index in [-0.39, 0.29) is 5.69 Å². The number of esters is 1. The normalized spacial score (nSPS) is 16.0. The average molecular weight is 292 g/mol. The summed E-state index contributed by atoms with van der Waals surface area (Å²) >= 11 is 0. The highest BCUT2D eigenvalue weighted by molar-refractivity contribution is 5.86. The fourth-order valence-corrected chi connectivity index (χ4v) is 2.60. The lowest BCUT2D eigenvalue weighted by Crippen LogP contribution is -2.40. The molecule has 1 aliphatic heterocycles. The molecule has 0 atom stereocenters. The third-order valence-electron chi connectivity index (χ3n) is 3.88. The van der Waals surface area contributed by atoms with Crippen LogP contribution in [0.2, 0.25) is 0 Å². The molecule has 1 aliphatic rings. The van der Waals surface area contributed by atoms with Gasteiger partial charge in [-0.3, -0.25) is 0 Å². The van der Waals surface area contributed by atoms with E-state index in [0.29, 0.717) is 12.0 Å². The van der Waals surface area contributed by atoms with Crippen molar-refractivity contribution in [2.24, 2.45) is 5.92 Å². The zero-order valence-electron chi connectivity index (χ0n) is 13.0. The molecule has 1 N–H and O–H groups in total. The predicted molar refractivity (Wildman–Crippen MR) is 81.4 cm³/mol. The zero-order chi connectivity index (χ0) is 15.2. The van der Waals surface area contributed by atoms with Gasteiger partial charge in [-0.05, 0) is 57.8 Å². The number of carbonyl (C=O) groups excluding carboxylic acids is 1. The maximum absolute atomic E-state index is 11.4. The van der Waals surface area contributed by atoms with Crippen molar-refractivity contribution in [1.29, 1.82) is 0 Å². The molecule has 1 saturated heterocycles. The molecule has 2 rings (SSSR count). The highest BCUT2D eigenvalue weighted by Gasteiger charge is 2.20. The third-order valence-corrected chi connectivity index (χ3v) is 3.88. The van der Waals surface area contributed by atoms with Crippen LogP contribution in [0.15, 0.2) is 12.1 Å². The lowest BCUT2D eigenvalue weighted by molar-refractivity contribution is 0.0592. The number of anilines is 1. The first-order valence-corrected chi connectivity index (χ1v) is 7.51. The SMILES string of the molecule is COC(=O)c1ccc(N(CC2CCNCC2)C(C)C)nn1. The predicted octanol–water partition coefficient (Wildman–Crippen LogP) is 1.48. The Morgan fingerprint density at radius 3 is 2.62 bits per heavy atom. The molecule has 21 heavy (non-hydrogen) atoms. The molecule has 116 valence electrons. The topological polar surface area (TPSA) is 67.3 Å². The van der Waals surface area contributed by atoms with Crippen LogP contribution >= 0.6 is 0 Å². The molecule has 0 spiro atoms. The Morgan fingerprint density at radius 2 is 2.10 bits per heavy atom. The minimum Gasteiger partial charge on any atom is -0.464 e. The lowest BCUT2D eigenvalue weighted by Gasteiger charge is -2.33. The fraction of sp³-hybridized carbons (Fsp3) is 0.667. The lowest BCUT2D eigenvalue weighted by atomic mass is 9.97. The molecule has 1 aromatic heterocycles. The number of methoxy groups -OCH3 is 1. The first-order chi connectivity index (χ1) is 10.1. The summed E-state index contributed by atoms with van der Waals surface area (Å²) < 4.78 is 4.64. The summed E-state index contributed by atoms with van der Waals surface area (Å²) in [5, 5.41) is 11.5. The third kappa shape index (κ3) is 4.14. The number of rotatable bonds is 5. The molecule has 0 bridgehead atoms. The Balaban J connectivity index is 2.08. The van der Waals surface area contributed by atoms with Crippen LogP contribution in [0.3, 0.4) is 0 Å². The molecular weight excluding hydrogens is 268 g/mol. The molecule has 0 saturated carbocycles. The summed E-state index contributed by atoms with van der Waals surface area (Å²) in [5.41, 5.74) is 0.242. The largest absolute Gasteiger partial charge is 0.464 e. The van der Waals surface area contributed by atoms with Gasteiger partial charge < -0.3 is 15.0 Å². The molecule has 0 radical (unpaired) electrons. The number of carbonyl (C=O) groups is 1. The van der Waals surface area contributed by atoms with Crippen LogP contribution in [0.4, 0.5) is 5.82 Å². The molecular formula is C15H24N4O2. The van der Waals surface area contributed by atoms with E-state index in [9.17, 15) is 4.79 Å². The standard InChI is InChI=1S/C15H24N4O2/c1-11(2)19(10-12-6-8-16-9-7-12)14-5-4-13(17-18-14)15(20)21-3/h4-5,11-12,16H,6-10H2,1-3H3. The van der Waals surface area contributed by atoms with Gasteiger partial charge in [0.15, 0.2) is 11.5 Å². The Morgan fingerprint density at radius 1 is 1.38 bits per heavy atom. The van der Waals surface area contributed by atoms with E-state index in [1.54, 1.807) is 6.07 Å². The van der Waals surface area contributed by atoms with Gasteiger partial charge in [-0.1, -0.05) is 0 Å². The van der Waals surface area contributed by atoms with Crippen molar-refractivity contribution in [3.63, 3.8) is 0 Å². The number of nitrogens with zero attached hydrogens (tertiary/aromatic N) is 3. The van der Waals surface area contributed by atoms with Crippen LogP contribution < -0.4 is 10.2 Å². The highest BCUT2D eigenvalue weighted by Crippen LogP contribution is 2.20. The maximum Gasteiger partial charge on any atom is 0.358 e. The van der Waals surface area contributed by atoms with Crippen LogP contribution in [0.1, 0.15) is 37.2 Å². The zero-order valence-corrected chi connectivity index (χ0v) is 13.0. The van der Waals surface area contributed by atoms with Gasteiger partial charge in [0.25, 0.3) is 0 Å². The van der Waals surface area contributed by atoms with Crippen molar-refractivity contribution in [2.75, 3.05) is 31.6 Å². The minimum absolute atomic E-state index is 0.242. The van der Waals surface area contributed by atoms with Gasteiger partial charge in [0.1, 0.15) is 0 Å². The molecule has 2 heterocycles. The van der Waals surface area contributed by atoms with E-state index in [0.717, 1.165) is 25.5 Å². The van der Waals surface area contributed by atoms with Gasteiger partial charge >= 0.3 is 5.97 Å². The smallest absolute Gasteiger partial charge is 0.358 e. The number of hydrogen-bond donors (Lipinski definition) is 1. The van der Waals surface area contributed by atoms with Crippen LogP contribution in [0, 0.1) is 5.92 Å².